The van der Waals surface area contributed by atoms with Gasteiger partial charge in [-0.2, -0.15) is 8.78 Å². The van der Waals surface area contributed by atoms with E-state index in [4.69, 9.17) is 0 Å². The molecular formula is C8H7F2+. The summed E-state index contributed by atoms with van der Waals surface area (Å²) in [6, 6.07) is 0. The SMILES string of the molecule is FC1(F)/C=C\C=C/[CH+]/C=C\1. The maximum absolute atomic E-state index is 12.4. The molecule has 0 saturated carbocycles. The van der Waals surface area contributed by atoms with Crippen LogP contribution in [0.15, 0.2) is 36.5 Å². The Hall–Kier alpha value is -1.05. The molecular weight excluding hydrogens is 134 g/mol. The van der Waals surface area contributed by atoms with Crippen LogP contribution in [-0.4, -0.2) is 5.92 Å². The molecule has 52 valence electrons. The third kappa shape index (κ3) is 2.05. The Morgan fingerprint density at radius 1 is 1.00 bits per heavy atom. The molecule has 0 saturated heterocycles. The fraction of sp³-hybridized carbons (Fsp3) is 0.125. The van der Waals surface area contributed by atoms with E-state index >= 15 is 0 Å². The fourth-order valence-electron chi connectivity index (χ4n) is 0.616. The van der Waals surface area contributed by atoms with Crippen LogP contribution in [-0.2, 0) is 0 Å². The van der Waals surface area contributed by atoms with Gasteiger partial charge >= 0.3 is 5.92 Å². The molecule has 0 bridgehead atoms. The average Bonchev–Trinajstić information content (AvgIpc) is 1.81. The Bertz CT molecular complexity index is 187. The molecule has 1 aliphatic carbocycles. The zero-order valence-corrected chi connectivity index (χ0v) is 5.30. The Morgan fingerprint density at radius 2 is 1.80 bits per heavy atom. The van der Waals surface area contributed by atoms with Crippen molar-refractivity contribution in [3.63, 3.8) is 0 Å². The summed E-state index contributed by atoms with van der Waals surface area (Å²) in [5, 5.41) is 0. The van der Waals surface area contributed by atoms with Gasteiger partial charge < -0.3 is 0 Å². The number of hydrogen-bond acceptors (Lipinski definition) is 0. The Balaban J connectivity index is 2.78. The number of hydrogen-bond donors (Lipinski definition) is 0. The van der Waals surface area contributed by atoms with E-state index in [-0.39, 0.29) is 0 Å². The second kappa shape index (κ2) is 2.69. The van der Waals surface area contributed by atoms with Gasteiger partial charge in [0.1, 0.15) is 0 Å². The van der Waals surface area contributed by atoms with Gasteiger partial charge in [-0.25, -0.2) is 0 Å². The van der Waals surface area contributed by atoms with Gasteiger partial charge in [-0.15, -0.1) is 0 Å². The topological polar surface area (TPSA) is 0 Å². The molecule has 0 fully saturated rings. The minimum atomic E-state index is -2.79. The maximum atomic E-state index is 12.4. The van der Waals surface area contributed by atoms with Crippen molar-refractivity contribution in [2.24, 2.45) is 0 Å². The highest BCUT2D eigenvalue weighted by molar-refractivity contribution is 5.23. The van der Waals surface area contributed by atoms with E-state index in [0.717, 1.165) is 12.2 Å². The fourth-order valence-corrected chi connectivity index (χ4v) is 0.616. The molecule has 0 heterocycles. The lowest BCUT2D eigenvalue weighted by molar-refractivity contribution is 0.111. The van der Waals surface area contributed by atoms with Crippen molar-refractivity contribution in [2.75, 3.05) is 0 Å². The number of allylic oxidation sites excluding steroid dienone is 6. The second-order valence-electron chi connectivity index (χ2n) is 1.97. The van der Waals surface area contributed by atoms with Gasteiger partial charge in [-0.3, -0.25) is 0 Å². The Kier molecular flexibility index (Phi) is 1.90. The summed E-state index contributed by atoms with van der Waals surface area (Å²) in [6.45, 7) is 0. The summed E-state index contributed by atoms with van der Waals surface area (Å²) in [5.74, 6) is -2.79. The van der Waals surface area contributed by atoms with Crippen LogP contribution >= 0.6 is 0 Å². The average molecular weight is 141 g/mol. The normalized spacial score (nSPS) is 31.0. The van der Waals surface area contributed by atoms with E-state index in [0.29, 0.717) is 0 Å². The molecule has 0 nitrogen and oxygen atoms in total. The lowest BCUT2D eigenvalue weighted by Crippen LogP contribution is -2.06. The van der Waals surface area contributed by atoms with Crippen LogP contribution in [0.5, 0.6) is 0 Å². The Morgan fingerprint density at radius 3 is 2.60 bits per heavy atom. The molecule has 0 radical (unpaired) electrons. The minimum absolute atomic E-state index is 0.854. The minimum Gasteiger partial charge on any atom is -0.183 e. The van der Waals surface area contributed by atoms with Crippen LogP contribution in [0.1, 0.15) is 0 Å². The van der Waals surface area contributed by atoms with Crippen molar-refractivity contribution in [3.05, 3.63) is 42.9 Å². The molecule has 0 atom stereocenters. The van der Waals surface area contributed by atoms with E-state index < -0.39 is 5.92 Å². The number of alkyl halides is 2. The highest BCUT2D eigenvalue weighted by atomic mass is 19.3. The summed E-state index contributed by atoms with van der Waals surface area (Å²) in [5.41, 5.74) is 0. The highest BCUT2D eigenvalue weighted by Crippen LogP contribution is 2.18. The first-order valence-electron chi connectivity index (χ1n) is 2.96. The molecule has 0 N–H and O–H groups in total. The van der Waals surface area contributed by atoms with Crippen LogP contribution in [0.2, 0.25) is 0 Å². The molecule has 2 heteroatoms. The molecule has 1 aliphatic rings. The molecule has 1 rings (SSSR count). The first-order chi connectivity index (χ1) is 4.71. The molecule has 0 unspecified atom stereocenters. The highest BCUT2D eigenvalue weighted by Gasteiger charge is 2.23. The first kappa shape index (κ1) is 7.06. The second-order valence-corrected chi connectivity index (χ2v) is 1.97. The van der Waals surface area contributed by atoms with Crippen molar-refractivity contribution in [1.82, 2.24) is 0 Å². The van der Waals surface area contributed by atoms with Gasteiger partial charge in [-0.1, -0.05) is 0 Å². The van der Waals surface area contributed by atoms with Gasteiger partial charge in [0.25, 0.3) is 0 Å². The summed E-state index contributed by atoms with van der Waals surface area (Å²) in [4.78, 5) is 0. The summed E-state index contributed by atoms with van der Waals surface area (Å²) in [6.07, 6.45) is 9.21. The van der Waals surface area contributed by atoms with Crippen LogP contribution < -0.4 is 0 Å². The summed E-state index contributed by atoms with van der Waals surface area (Å²) < 4.78 is 24.8. The van der Waals surface area contributed by atoms with Gasteiger partial charge in [0.05, 0.1) is 6.08 Å². The van der Waals surface area contributed by atoms with E-state index in [1.54, 1.807) is 18.6 Å². The van der Waals surface area contributed by atoms with E-state index in [9.17, 15) is 8.78 Å². The smallest absolute Gasteiger partial charge is 0.183 e. The number of halogens is 2. The largest absolute Gasteiger partial charge is 0.329 e. The third-order valence-electron chi connectivity index (χ3n) is 1.08. The lowest BCUT2D eigenvalue weighted by Gasteiger charge is -1.99. The molecule has 10 heavy (non-hydrogen) atoms. The van der Waals surface area contributed by atoms with Gasteiger partial charge in [0, 0.05) is 30.7 Å². The van der Waals surface area contributed by atoms with Crippen molar-refractivity contribution in [1.29, 1.82) is 0 Å². The van der Waals surface area contributed by atoms with Gasteiger partial charge in [-0.05, 0) is 6.08 Å². The quantitative estimate of drug-likeness (QED) is 0.455. The predicted octanol–water partition coefficient (Wildman–Crippen LogP) is 2.51. The molecule has 0 aromatic rings. The van der Waals surface area contributed by atoms with E-state index in [2.05, 4.69) is 0 Å². The van der Waals surface area contributed by atoms with Crippen molar-refractivity contribution in [2.45, 2.75) is 5.92 Å². The van der Waals surface area contributed by atoms with Crippen molar-refractivity contribution in [3.8, 4) is 0 Å². The predicted molar refractivity (Wildman–Crippen MR) is 36.7 cm³/mol. The molecule has 0 aromatic carbocycles. The van der Waals surface area contributed by atoms with Crippen molar-refractivity contribution >= 4 is 0 Å². The summed E-state index contributed by atoms with van der Waals surface area (Å²) in [7, 11) is 0. The van der Waals surface area contributed by atoms with Gasteiger partial charge in [0.2, 0.25) is 0 Å². The molecule has 0 spiro atoms. The van der Waals surface area contributed by atoms with Crippen LogP contribution in [0.4, 0.5) is 8.78 Å². The van der Waals surface area contributed by atoms with Crippen molar-refractivity contribution < 1.29 is 8.78 Å². The third-order valence-corrected chi connectivity index (χ3v) is 1.08. The van der Waals surface area contributed by atoms with Crippen LogP contribution in [0.3, 0.4) is 0 Å². The standard InChI is InChI=1S/C8H7F2/c9-8(10)6-4-2-1-3-5-7-8/h1-7H/q+1/b2-1-,6-4-,7-5-. The van der Waals surface area contributed by atoms with E-state index in [1.807, 2.05) is 0 Å². The van der Waals surface area contributed by atoms with E-state index in [1.165, 1.54) is 12.2 Å². The number of rotatable bonds is 0. The van der Waals surface area contributed by atoms with Crippen LogP contribution in [0.25, 0.3) is 0 Å². The zero-order valence-electron chi connectivity index (χ0n) is 5.30. The Labute approximate surface area is 58.6 Å². The maximum Gasteiger partial charge on any atom is 0.329 e. The molecule has 0 aliphatic heterocycles. The zero-order chi connectivity index (χ0) is 7.45. The van der Waals surface area contributed by atoms with Gasteiger partial charge in [0.15, 0.2) is 0 Å². The first-order valence-corrected chi connectivity index (χ1v) is 2.96. The monoisotopic (exact) mass is 141 g/mol. The molecule has 0 aromatic heterocycles. The van der Waals surface area contributed by atoms with Crippen LogP contribution in [0, 0.1) is 6.42 Å². The lowest BCUT2D eigenvalue weighted by atomic mass is 10.2. The molecule has 0 amide bonds. The summed E-state index contributed by atoms with van der Waals surface area (Å²) >= 11 is 0.